The van der Waals surface area contributed by atoms with E-state index >= 15 is 4.79 Å². The molecule has 0 bridgehead atoms. The monoisotopic (exact) mass is 658 g/mol. The summed E-state index contributed by atoms with van der Waals surface area (Å²) in [5.74, 6) is -2.80. The van der Waals surface area contributed by atoms with E-state index in [1.807, 2.05) is 116 Å². The third-order valence-corrected chi connectivity index (χ3v) is 10.5. The maximum atomic E-state index is 15.0. The number of amides is 3. The Morgan fingerprint density at radius 1 is 0.816 bits per heavy atom. The topological polar surface area (TPSA) is 121 Å². The van der Waals surface area contributed by atoms with Gasteiger partial charge in [-0.1, -0.05) is 102 Å². The average Bonchev–Trinajstić information content (AvgIpc) is 3.65. The Labute approximate surface area is 284 Å². The number of rotatable bonds is 8. The lowest BCUT2D eigenvalue weighted by Gasteiger charge is -2.40. The normalized spacial score (nSPS) is 28.4. The number of aliphatic hydroxyl groups is 1. The lowest BCUT2D eigenvalue weighted by Crippen LogP contribution is -2.59. The molecule has 2 saturated heterocycles. The minimum absolute atomic E-state index is 0.0931. The van der Waals surface area contributed by atoms with Gasteiger partial charge in [-0.3, -0.25) is 14.4 Å². The van der Waals surface area contributed by atoms with E-state index in [1.165, 1.54) is 4.90 Å². The van der Waals surface area contributed by atoms with Gasteiger partial charge in [0.15, 0.2) is 0 Å². The Morgan fingerprint density at radius 3 is 2.24 bits per heavy atom. The third-order valence-electron chi connectivity index (χ3n) is 10.5. The zero-order chi connectivity index (χ0) is 33.8. The number of para-hydroxylation sites is 1. The molecule has 1 spiro atoms. The minimum atomic E-state index is -1.45. The molecule has 49 heavy (non-hydrogen) atoms. The summed E-state index contributed by atoms with van der Waals surface area (Å²) in [5.41, 5.74) is 0.763. The summed E-state index contributed by atoms with van der Waals surface area (Å²) in [6.07, 6.45) is 7.82. The molecular weight excluding hydrogens is 620 g/mol. The van der Waals surface area contributed by atoms with Gasteiger partial charge in [0.1, 0.15) is 23.8 Å². The lowest BCUT2D eigenvalue weighted by molar-refractivity contribution is -0.156. The van der Waals surface area contributed by atoms with Crippen LogP contribution in [0.5, 0.6) is 0 Å². The van der Waals surface area contributed by atoms with Crippen molar-refractivity contribution in [1.29, 1.82) is 0 Å². The predicted molar refractivity (Wildman–Crippen MR) is 180 cm³/mol. The van der Waals surface area contributed by atoms with Crippen molar-refractivity contribution in [2.24, 2.45) is 11.8 Å². The molecule has 2 fully saturated rings. The zero-order valence-electron chi connectivity index (χ0n) is 27.2. The van der Waals surface area contributed by atoms with Crippen LogP contribution in [0.1, 0.15) is 18.1 Å². The summed E-state index contributed by atoms with van der Waals surface area (Å²) in [5, 5.41) is 19.4. The second kappa shape index (κ2) is 12.1. The Balaban J connectivity index is 1.21. The highest BCUT2D eigenvalue weighted by Crippen LogP contribution is 2.58. The smallest absolute Gasteiger partial charge is 0.250 e. The highest BCUT2D eigenvalue weighted by Gasteiger charge is 2.75. The standard InChI is InChI=1S/C38H38N6O5/c1-37-18-10-20-41(23-27-14-6-3-7-15-27)34(46)31(37)32-35(47)44(28(24-45)22-26-12-4-2-5-13-26)33-36(48)42(21-11-19-38(32,33)49-37)25-43-30-17-9-8-16-29(30)39-40-43/h2-19,28,31-33,45H,20-25H2,1H3/t28-,31-,32+,33?,37+,38+/m1/s1. The largest absolute Gasteiger partial charge is 0.394 e. The number of aromatic nitrogens is 3. The Kier molecular flexibility index (Phi) is 7.68. The highest BCUT2D eigenvalue weighted by atomic mass is 16.5. The molecule has 3 aromatic carbocycles. The summed E-state index contributed by atoms with van der Waals surface area (Å²) in [4.78, 5) is 49.6. The van der Waals surface area contributed by atoms with Crippen molar-refractivity contribution in [3.63, 3.8) is 0 Å². The van der Waals surface area contributed by atoms with Crippen molar-refractivity contribution in [1.82, 2.24) is 29.7 Å². The van der Waals surface area contributed by atoms with Crippen LogP contribution >= 0.6 is 0 Å². The maximum Gasteiger partial charge on any atom is 0.250 e. The fourth-order valence-corrected chi connectivity index (χ4v) is 8.34. The van der Waals surface area contributed by atoms with E-state index < -0.39 is 35.1 Å². The number of ether oxygens (including phenoxy) is 1. The first-order valence-electron chi connectivity index (χ1n) is 16.8. The Hall–Kier alpha value is -5.13. The van der Waals surface area contributed by atoms with E-state index in [2.05, 4.69) is 10.3 Å². The summed E-state index contributed by atoms with van der Waals surface area (Å²) in [6, 6.07) is 25.0. The second-order valence-electron chi connectivity index (χ2n) is 13.6. The third kappa shape index (κ3) is 5.07. The second-order valence-corrected chi connectivity index (χ2v) is 13.6. The Bertz CT molecular complexity index is 1960. The van der Waals surface area contributed by atoms with Crippen LogP contribution in [0, 0.1) is 11.8 Å². The van der Waals surface area contributed by atoms with Crippen molar-refractivity contribution in [2.75, 3.05) is 19.7 Å². The van der Waals surface area contributed by atoms with Crippen LogP contribution in [-0.2, 0) is 38.8 Å². The SMILES string of the molecule is C[C@]12C=CCN(Cc3ccccc3)C(=O)[C@H]1[C@H]1C(=O)N([C@@H](CO)Cc3ccccc3)C3C(=O)N(Cn4nnc5ccccc54)CC=C[C@@]31O2. The highest BCUT2D eigenvalue weighted by molar-refractivity contribution is 6.00. The number of benzene rings is 3. The zero-order valence-corrected chi connectivity index (χ0v) is 27.2. The molecule has 4 aliphatic heterocycles. The van der Waals surface area contributed by atoms with E-state index in [-0.39, 0.29) is 37.5 Å². The first kappa shape index (κ1) is 31.2. The van der Waals surface area contributed by atoms with Gasteiger partial charge in [-0.2, -0.15) is 0 Å². The summed E-state index contributed by atoms with van der Waals surface area (Å²) >= 11 is 0. The van der Waals surface area contributed by atoms with Crippen molar-refractivity contribution in [3.8, 4) is 0 Å². The Morgan fingerprint density at radius 2 is 1.49 bits per heavy atom. The van der Waals surface area contributed by atoms with Crippen molar-refractivity contribution in [2.45, 2.75) is 49.8 Å². The first-order valence-corrected chi connectivity index (χ1v) is 16.8. The summed E-state index contributed by atoms with van der Waals surface area (Å²) in [7, 11) is 0. The van der Waals surface area contributed by atoms with Crippen LogP contribution in [0.15, 0.2) is 109 Å². The van der Waals surface area contributed by atoms with Crippen molar-refractivity contribution in [3.05, 3.63) is 120 Å². The minimum Gasteiger partial charge on any atom is -0.394 e. The molecule has 11 nitrogen and oxygen atoms in total. The molecule has 1 unspecified atom stereocenters. The van der Waals surface area contributed by atoms with Crippen LogP contribution in [-0.4, -0.2) is 95.5 Å². The van der Waals surface area contributed by atoms with E-state index in [0.29, 0.717) is 25.0 Å². The molecule has 250 valence electrons. The molecule has 0 radical (unpaired) electrons. The number of fused-ring (bicyclic) bond motifs is 3. The molecule has 6 atom stereocenters. The van der Waals surface area contributed by atoms with E-state index in [4.69, 9.17) is 4.74 Å². The number of likely N-dealkylation sites (tertiary alicyclic amines) is 1. The number of hydrogen-bond acceptors (Lipinski definition) is 7. The molecule has 5 heterocycles. The summed E-state index contributed by atoms with van der Waals surface area (Å²) in [6.45, 7) is 2.54. The quantitative estimate of drug-likeness (QED) is 0.289. The van der Waals surface area contributed by atoms with Gasteiger partial charge < -0.3 is 24.5 Å². The van der Waals surface area contributed by atoms with Gasteiger partial charge in [0.05, 0.1) is 35.6 Å². The molecular formula is C38H38N6O5. The van der Waals surface area contributed by atoms with Crippen molar-refractivity contribution >= 4 is 28.8 Å². The fourth-order valence-electron chi connectivity index (χ4n) is 8.34. The molecule has 3 amide bonds. The lowest BCUT2D eigenvalue weighted by atomic mass is 9.74. The van der Waals surface area contributed by atoms with Gasteiger partial charge in [0.2, 0.25) is 11.8 Å². The van der Waals surface area contributed by atoms with Gasteiger partial charge >= 0.3 is 0 Å². The van der Waals surface area contributed by atoms with Gasteiger partial charge in [0.25, 0.3) is 5.91 Å². The van der Waals surface area contributed by atoms with Crippen LogP contribution in [0.25, 0.3) is 11.0 Å². The van der Waals surface area contributed by atoms with Crippen molar-refractivity contribution < 1.29 is 24.2 Å². The molecule has 0 saturated carbocycles. The number of carbonyl (C=O) groups is 3. The van der Waals surface area contributed by atoms with E-state index in [1.54, 1.807) is 14.5 Å². The van der Waals surface area contributed by atoms with Crippen LogP contribution < -0.4 is 0 Å². The van der Waals surface area contributed by atoms with Crippen LogP contribution in [0.4, 0.5) is 0 Å². The van der Waals surface area contributed by atoms with Crippen LogP contribution in [0.2, 0.25) is 0 Å². The molecule has 11 heteroatoms. The van der Waals surface area contributed by atoms with Gasteiger partial charge in [0, 0.05) is 19.6 Å². The first-order chi connectivity index (χ1) is 23.8. The van der Waals surface area contributed by atoms with Crippen LogP contribution in [0.3, 0.4) is 0 Å². The van der Waals surface area contributed by atoms with E-state index in [0.717, 1.165) is 16.6 Å². The fraction of sp³-hybridized carbons (Fsp3) is 0.342. The molecule has 8 rings (SSSR count). The molecule has 1 aromatic heterocycles. The molecule has 4 aliphatic rings. The average molecular weight is 659 g/mol. The number of hydrogen-bond donors (Lipinski definition) is 1. The molecule has 4 aromatic rings. The van der Waals surface area contributed by atoms with Gasteiger partial charge in [-0.25, -0.2) is 4.68 Å². The van der Waals surface area contributed by atoms with Gasteiger partial charge in [-0.15, -0.1) is 5.10 Å². The molecule has 1 N–H and O–H groups in total. The predicted octanol–water partition coefficient (Wildman–Crippen LogP) is 2.96. The number of nitrogens with zero attached hydrogens (tertiary/aromatic N) is 6. The van der Waals surface area contributed by atoms with E-state index in [9.17, 15) is 14.7 Å². The summed E-state index contributed by atoms with van der Waals surface area (Å²) < 4.78 is 8.69. The molecule has 0 aliphatic carbocycles. The maximum absolute atomic E-state index is 15.0. The number of carbonyl (C=O) groups excluding carboxylic acids is 3. The van der Waals surface area contributed by atoms with Gasteiger partial charge in [-0.05, 0) is 36.6 Å². The number of aliphatic hydroxyl groups excluding tert-OH is 1.